The third-order valence-electron chi connectivity index (χ3n) is 3.68. The quantitative estimate of drug-likeness (QED) is 0.489. The van der Waals surface area contributed by atoms with Gasteiger partial charge in [-0.3, -0.25) is 9.52 Å². The largest absolute Gasteiger partial charge is 0.279 e. The minimum Gasteiger partial charge on any atom is -0.279 e. The van der Waals surface area contributed by atoms with Crippen molar-refractivity contribution in [3.8, 4) is 0 Å². The zero-order chi connectivity index (χ0) is 19.3. The average molecular weight is 399 g/mol. The van der Waals surface area contributed by atoms with Crippen molar-refractivity contribution in [1.82, 2.24) is 5.43 Å². The number of thiophene rings is 1. The molecule has 0 unspecified atom stereocenters. The fourth-order valence-corrected chi connectivity index (χ4v) is 4.31. The second-order valence-electron chi connectivity index (χ2n) is 5.62. The Balaban J connectivity index is 1.66. The van der Waals surface area contributed by atoms with E-state index in [0.29, 0.717) is 17.0 Å². The molecule has 27 heavy (non-hydrogen) atoms. The Morgan fingerprint density at radius 2 is 1.63 bits per heavy atom. The van der Waals surface area contributed by atoms with E-state index in [9.17, 15) is 13.2 Å². The Kier molecular flexibility index (Phi) is 5.68. The van der Waals surface area contributed by atoms with Crippen molar-refractivity contribution < 1.29 is 13.2 Å². The van der Waals surface area contributed by atoms with Crippen LogP contribution in [0.1, 0.15) is 22.8 Å². The lowest BCUT2D eigenvalue weighted by Crippen LogP contribution is -2.19. The molecule has 1 amide bonds. The predicted molar refractivity (Wildman–Crippen MR) is 108 cm³/mol. The van der Waals surface area contributed by atoms with Crippen LogP contribution in [0.15, 0.2) is 81.4 Å². The van der Waals surface area contributed by atoms with Crippen LogP contribution in [0.3, 0.4) is 0 Å². The topological polar surface area (TPSA) is 87.6 Å². The van der Waals surface area contributed by atoms with E-state index in [1.54, 1.807) is 18.4 Å². The van der Waals surface area contributed by atoms with Crippen molar-refractivity contribution in [2.75, 3.05) is 4.72 Å². The lowest BCUT2D eigenvalue weighted by molar-refractivity contribution is 0.0955. The van der Waals surface area contributed by atoms with Gasteiger partial charge in [0.05, 0.1) is 5.71 Å². The van der Waals surface area contributed by atoms with Crippen molar-refractivity contribution in [3.63, 3.8) is 0 Å². The Bertz CT molecular complexity index is 1040. The van der Waals surface area contributed by atoms with Gasteiger partial charge in [-0.1, -0.05) is 36.4 Å². The number of nitrogens with one attached hydrogen (secondary N) is 2. The van der Waals surface area contributed by atoms with Crippen molar-refractivity contribution >= 4 is 38.7 Å². The Morgan fingerprint density at radius 1 is 0.926 bits per heavy atom. The van der Waals surface area contributed by atoms with Crippen LogP contribution >= 0.6 is 11.3 Å². The molecule has 1 heterocycles. The van der Waals surface area contributed by atoms with Crippen LogP contribution in [0.2, 0.25) is 0 Å². The highest BCUT2D eigenvalue weighted by molar-refractivity contribution is 7.94. The summed E-state index contributed by atoms with van der Waals surface area (Å²) < 4.78 is 27.1. The molecule has 0 aliphatic carbocycles. The van der Waals surface area contributed by atoms with Crippen LogP contribution in [0.4, 0.5) is 5.69 Å². The lowest BCUT2D eigenvalue weighted by atomic mass is 10.1. The maximum atomic E-state index is 12.2. The highest BCUT2D eigenvalue weighted by Gasteiger charge is 2.15. The molecular formula is C19H17N3O3S2. The summed E-state index contributed by atoms with van der Waals surface area (Å²) in [6.07, 6.45) is 0. The third kappa shape index (κ3) is 4.81. The smallest absolute Gasteiger partial charge is 0.271 e. The summed E-state index contributed by atoms with van der Waals surface area (Å²) in [7, 11) is -3.61. The number of carbonyl (C=O) groups excluding carboxylic acids is 1. The zero-order valence-corrected chi connectivity index (χ0v) is 16.0. The van der Waals surface area contributed by atoms with Gasteiger partial charge < -0.3 is 0 Å². The van der Waals surface area contributed by atoms with Gasteiger partial charge in [0, 0.05) is 11.3 Å². The van der Waals surface area contributed by atoms with Gasteiger partial charge in [0.25, 0.3) is 15.9 Å². The molecule has 0 spiro atoms. The highest BCUT2D eigenvalue weighted by atomic mass is 32.2. The minimum atomic E-state index is -3.61. The molecule has 0 fully saturated rings. The summed E-state index contributed by atoms with van der Waals surface area (Å²) >= 11 is 1.14. The maximum absolute atomic E-state index is 12.2. The highest BCUT2D eigenvalue weighted by Crippen LogP contribution is 2.20. The number of sulfonamides is 1. The van der Waals surface area contributed by atoms with Crippen LogP contribution in [0, 0.1) is 0 Å². The van der Waals surface area contributed by atoms with Crippen LogP contribution in [0.25, 0.3) is 0 Å². The van der Waals surface area contributed by atoms with Crippen molar-refractivity contribution in [2.24, 2.45) is 5.10 Å². The van der Waals surface area contributed by atoms with E-state index in [1.165, 1.54) is 30.3 Å². The molecule has 0 atom stereocenters. The lowest BCUT2D eigenvalue weighted by Gasteiger charge is -2.07. The van der Waals surface area contributed by atoms with Crippen molar-refractivity contribution in [1.29, 1.82) is 0 Å². The van der Waals surface area contributed by atoms with E-state index in [2.05, 4.69) is 15.2 Å². The summed E-state index contributed by atoms with van der Waals surface area (Å²) in [4.78, 5) is 12.2. The van der Waals surface area contributed by atoms with E-state index < -0.39 is 10.0 Å². The fourth-order valence-electron chi connectivity index (χ4n) is 2.25. The summed E-state index contributed by atoms with van der Waals surface area (Å²) in [6.45, 7) is 1.80. The van der Waals surface area contributed by atoms with Crippen molar-refractivity contribution in [2.45, 2.75) is 11.1 Å². The van der Waals surface area contributed by atoms with Gasteiger partial charge in [0.15, 0.2) is 0 Å². The number of hydrogen-bond donors (Lipinski definition) is 2. The monoisotopic (exact) mass is 399 g/mol. The molecule has 2 N–H and O–H groups in total. The standard InChI is InChI=1S/C19H17N3O3S2/c1-14(15-6-3-2-4-7-15)20-21-19(23)16-9-11-17(12-10-16)22-27(24,25)18-8-5-13-26-18/h2-13,22H,1H3,(H,21,23). The fraction of sp³-hybridized carbons (Fsp3) is 0.0526. The minimum absolute atomic E-state index is 0.232. The Morgan fingerprint density at radius 3 is 2.26 bits per heavy atom. The molecule has 3 rings (SSSR count). The predicted octanol–water partition coefficient (Wildman–Crippen LogP) is 3.70. The molecule has 0 radical (unpaired) electrons. The number of hydrogen-bond acceptors (Lipinski definition) is 5. The van der Waals surface area contributed by atoms with Gasteiger partial charge in [0.2, 0.25) is 0 Å². The zero-order valence-electron chi connectivity index (χ0n) is 14.4. The number of nitrogens with zero attached hydrogens (tertiary/aromatic N) is 1. The first-order chi connectivity index (χ1) is 13.0. The third-order valence-corrected chi connectivity index (χ3v) is 6.45. The molecule has 0 bridgehead atoms. The molecule has 0 aliphatic heterocycles. The van der Waals surface area contributed by atoms with E-state index in [4.69, 9.17) is 0 Å². The summed E-state index contributed by atoms with van der Waals surface area (Å²) in [5.74, 6) is -0.377. The first-order valence-electron chi connectivity index (χ1n) is 8.02. The first kappa shape index (κ1) is 18.8. The van der Waals surface area contributed by atoms with E-state index >= 15 is 0 Å². The Labute approximate surface area is 161 Å². The normalized spacial score (nSPS) is 11.8. The molecule has 138 valence electrons. The van der Waals surface area contributed by atoms with Gasteiger partial charge >= 0.3 is 0 Å². The summed E-state index contributed by atoms with van der Waals surface area (Å²) in [6, 6.07) is 18.8. The molecule has 8 heteroatoms. The van der Waals surface area contributed by atoms with Crippen LogP contribution < -0.4 is 10.1 Å². The summed E-state index contributed by atoms with van der Waals surface area (Å²) in [5, 5.41) is 5.79. The molecule has 2 aromatic carbocycles. The molecule has 3 aromatic rings. The van der Waals surface area contributed by atoms with Crippen LogP contribution in [-0.4, -0.2) is 20.0 Å². The molecule has 0 aliphatic rings. The van der Waals surface area contributed by atoms with Crippen LogP contribution in [-0.2, 0) is 10.0 Å². The van der Waals surface area contributed by atoms with Gasteiger partial charge in [-0.05, 0) is 48.2 Å². The maximum Gasteiger partial charge on any atom is 0.271 e. The molecule has 1 aromatic heterocycles. The summed E-state index contributed by atoms with van der Waals surface area (Å²) in [5.41, 5.74) is 4.85. The first-order valence-corrected chi connectivity index (χ1v) is 10.4. The number of carbonyl (C=O) groups is 1. The Hall–Kier alpha value is -2.97. The van der Waals surface area contributed by atoms with Gasteiger partial charge in [-0.25, -0.2) is 13.8 Å². The number of amides is 1. The molecule has 0 saturated carbocycles. The van der Waals surface area contributed by atoms with E-state index in [-0.39, 0.29) is 10.1 Å². The van der Waals surface area contributed by atoms with Gasteiger partial charge in [0.1, 0.15) is 4.21 Å². The SMILES string of the molecule is CC(=NNC(=O)c1ccc(NS(=O)(=O)c2cccs2)cc1)c1ccccc1. The number of hydrazone groups is 1. The number of rotatable bonds is 6. The van der Waals surface area contributed by atoms with Gasteiger partial charge in [-0.15, -0.1) is 11.3 Å². The number of benzene rings is 2. The molecule has 6 nitrogen and oxygen atoms in total. The van der Waals surface area contributed by atoms with Gasteiger partial charge in [-0.2, -0.15) is 5.10 Å². The van der Waals surface area contributed by atoms with Crippen molar-refractivity contribution in [3.05, 3.63) is 83.2 Å². The number of anilines is 1. The average Bonchev–Trinajstić information content (AvgIpc) is 3.23. The molecule has 0 saturated heterocycles. The second kappa shape index (κ2) is 8.15. The van der Waals surface area contributed by atoms with E-state index in [1.807, 2.05) is 30.3 Å². The van der Waals surface area contributed by atoms with Crippen LogP contribution in [0.5, 0.6) is 0 Å². The molecular weight excluding hydrogens is 382 g/mol. The van der Waals surface area contributed by atoms with E-state index in [0.717, 1.165) is 16.9 Å². The second-order valence-corrected chi connectivity index (χ2v) is 8.48.